The molecule has 3 saturated carbocycles. The van der Waals surface area contributed by atoms with Crippen molar-refractivity contribution in [2.45, 2.75) is 50.4 Å². The Morgan fingerprint density at radius 3 is 2.93 bits per heavy atom. The number of benzene rings is 1. The van der Waals surface area contributed by atoms with Crippen LogP contribution >= 0.6 is 0 Å². The molecule has 2 aliphatic heterocycles. The number of amides is 2. The van der Waals surface area contributed by atoms with Gasteiger partial charge in [0.1, 0.15) is 11.5 Å². The van der Waals surface area contributed by atoms with Gasteiger partial charge in [-0.15, -0.1) is 0 Å². The van der Waals surface area contributed by atoms with Gasteiger partial charge in [0, 0.05) is 37.4 Å². The first-order valence-corrected chi connectivity index (χ1v) is 10.7. The van der Waals surface area contributed by atoms with Crippen LogP contribution in [0.1, 0.15) is 48.9 Å². The fraction of sp³-hybridized carbons (Fsp3) is 0.636. The molecule has 7 heteroatoms. The summed E-state index contributed by atoms with van der Waals surface area (Å²) in [5, 5.41) is 13.1. The number of fused-ring (bicyclic) bond motifs is 3. The van der Waals surface area contributed by atoms with E-state index < -0.39 is 11.8 Å². The number of aliphatic hydroxyl groups is 1. The topological polar surface area (TPSA) is 88.1 Å². The van der Waals surface area contributed by atoms with Crippen molar-refractivity contribution < 1.29 is 24.2 Å². The Labute approximate surface area is 170 Å². The minimum absolute atomic E-state index is 0.0446. The zero-order valence-corrected chi connectivity index (χ0v) is 16.7. The van der Waals surface area contributed by atoms with Crippen molar-refractivity contribution in [1.82, 2.24) is 10.2 Å². The van der Waals surface area contributed by atoms with Crippen LogP contribution in [0, 0.1) is 17.8 Å². The lowest BCUT2D eigenvalue weighted by Crippen LogP contribution is -2.67. The smallest absolute Gasteiger partial charge is 0.258 e. The number of hydrogen-bond acceptors (Lipinski definition) is 5. The highest BCUT2D eigenvalue weighted by molar-refractivity contribution is 5.98. The van der Waals surface area contributed by atoms with Crippen LogP contribution < -0.4 is 14.8 Å². The van der Waals surface area contributed by atoms with Crippen LogP contribution in [-0.2, 0) is 4.79 Å². The summed E-state index contributed by atoms with van der Waals surface area (Å²) in [5.74, 6) is 1.49. The molecule has 0 aromatic heterocycles. The summed E-state index contributed by atoms with van der Waals surface area (Å²) in [6.45, 7) is 1.17. The molecule has 7 nitrogen and oxygen atoms in total. The highest BCUT2D eigenvalue weighted by Gasteiger charge is 2.57. The second-order valence-corrected chi connectivity index (χ2v) is 8.97. The fourth-order valence-electron chi connectivity index (χ4n) is 5.81. The average Bonchev–Trinajstić information content (AvgIpc) is 2.73. The van der Waals surface area contributed by atoms with E-state index in [4.69, 9.17) is 9.47 Å². The van der Waals surface area contributed by atoms with Gasteiger partial charge in [0.25, 0.3) is 5.91 Å². The molecule has 29 heavy (non-hydrogen) atoms. The molecule has 0 unspecified atom stereocenters. The molecule has 1 aromatic carbocycles. The number of hydrogen-bond donors (Lipinski definition) is 2. The number of nitrogens with zero attached hydrogens (tertiary/aromatic N) is 1. The third-order valence-electron chi connectivity index (χ3n) is 7.29. The van der Waals surface area contributed by atoms with Crippen molar-refractivity contribution in [2.24, 2.45) is 17.8 Å². The van der Waals surface area contributed by atoms with Crippen molar-refractivity contribution >= 4 is 11.8 Å². The number of β-amino-alcohol motifs (C(OH)–C–C–N with tert-alkyl or cyclic N) is 1. The Morgan fingerprint density at radius 2 is 2.21 bits per heavy atom. The Morgan fingerprint density at radius 1 is 1.34 bits per heavy atom. The zero-order valence-electron chi connectivity index (χ0n) is 16.7. The van der Waals surface area contributed by atoms with Crippen LogP contribution in [0.4, 0.5) is 0 Å². The summed E-state index contributed by atoms with van der Waals surface area (Å²) in [5.41, 5.74) is -0.217. The highest BCUT2D eigenvalue weighted by atomic mass is 16.5. The molecule has 2 heterocycles. The van der Waals surface area contributed by atoms with Gasteiger partial charge in [-0.05, 0) is 50.2 Å². The van der Waals surface area contributed by atoms with Gasteiger partial charge < -0.3 is 24.8 Å². The van der Waals surface area contributed by atoms with Gasteiger partial charge >= 0.3 is 0 Å². The lowest BCUT2D eigenvalue weighted by atomic mass is 9.59. The number of methoxy groups -OCH3 is 1. The number of carbonyl (C=O) groups excluding carboxylic acids is 2. The van der Waals surface area contributed by atoms with E-state index in [1.54, 1.807) is 25.3 Å². The van der Waals surface area contributed by atoms with Crippen LogP contribution in [0.2, 0.25) is 0 Å². The Kier molecular flexibility index (Phi) is 4.46. The van der Waals surface area contributed by atoms with Crippen molar-refractivity contribution in [2.75, 3.05) is 20.2 Å². The van der Waals surface area contributed by atoms with E-state index in [9.17, 15) is 14.7 Å². The van der Waals surface area contributed by atoms with E-state index in [1.165, 1.54) is 0 Å². The normalized spacial score (nSPS) is 35.7. The second-order valence-electron chi connectivity index (χ2n) is 8.97. The summed E-state index contributed by atoms with van der Waals surface area (Å²) in [7, 11) is 1.59. The number of rotatable bonds is 2. The Balaban J connectivity index is 1.37. The molecular weight excluding hydrogens is 372 g/mol. The quantitative estimate of drug-likeness (QED) is 0.792. The minimum Gasteiger partial charge on any atom is -0.497 e. The molecule has 4 fully saturated rings. The maximum atomic E-state index is 13.2. The van der Waals surface area contributed by atoms with E-state index in [0.717, 1.165) is 38.6 Å². The van der Waals surface area contributed by atoms with E-state index in [-0.39, 0.29) is 29.6 Å². The molecule has 2 N–H and O–H groups in total. The van der Waals surface area contributed by atoms with Crippen molar-refractivity contribution in [1.29, 1.82) is 0 Å². The number of carbonyl (C=O) groups is 2. The van der Waals surface area contributed by atoms with Crippen molar-refractivity contribution in [3.63, 3.8) is 0 Å². The second kappa shape index (κ2) is 6.90. The fourth-order valence-corrected chi connectivity index (χ4v) is 5.81. The van der Waals surface area contributed by atoms with Crippen LogP contribution in [0.25, 0.3) is 0 Å². The monoisotopic (exact) mass is 400 g/mol. The molecule has 5 aliphatic rings. The standard InChI is InChI=1S/C22H28N2O5/c1-28-16-6-7-17-19(10-16)29-22(23-20(17)26)11-13-4-5-14(22)9-18(13)21(27)24-8-2-3-15(25)12-24/h6-7,10,13-15,18,25H,2-5,8-9,11-12H2,1H3,(H,23,26)/t13-,14+,15-,18+,22+/m1/s1. The predicted octanol–water partition coefficient (Wildman–Crippen LogP) is 1.93. The van der Waals surface area contributed by atoms with E-state index in [2.05, 4.69) is 5.32 Å². The third kappa shape index (κ3) is 3.06. The first-order chi connectivity index (χ1) is 14.0. The molecule has 3 aliphatic carbocycles. The minimum atomic E-state index is -0.739. The molecule has 156 valence electrons. The average molecular weight is 400 g/mol. The molecule has 2 amide bonds. The molecule has 2 bridgehead atoms. The lowest BCUT2D eigenvalue weighted by molar-refractivity contribution is -0.157. The lowest BCUT2D eigenvalue weighted by Gasteiger charge is -2.55. The van der Waals surface area contributed by atoms with Crippen LogP contribution in [0.5, 0.6) is 11.5 Å². The van der Waals surface area contributed by atoms with Crippen LogP contribution in [0.15, 0.2) is 18.2 Å². The molecule has 1 saturated heterocycles. The van der Waals surface area contributed by atoms with Gasteiger partial charge in [-0.1, -0.05) is 0 Å². The number of likely N-dealkylation sites (tertiary alicyclic amines) is 1. The van der Waals surface area contributed by atoms with Crippen molar-refractivity contribution in [3.05, 3.63) is 23.8 Å². The molecule has 0 radical (unpaired) electrons. The molecule has 1 aromatic rings. The van der Waals surface area contributed by atoms with Crippen LogP contribution in [0.3, 0.4) is 0 Å². The van der Waals surface area contributed by atoms with Gasteiger partial charge in [0.05, 0.1) is 18.8 Å². The number of aliphatic hydroxyl groups excluding tert-OH is 1. The maximum absolute atomic E-state index is 13.2. The van der Waals surface area contributed by atoms with Gasteiger partial charge in [-0.2, -0.15) is 0 Å². The Hall–Kier alpha value is -2.28. The summed E-state index contributed by atoms with van der Waals surface area (Å²) in [6, 6.07) is 5.26. The van der Waals surface area contributed by atoms with Gasteiger partial charge in [0.15, 0.2) is 5.72 Å². The van der Waals surface area contributed by atoms with E-state index >= 15 is 0 Å². The highest BCUT2D eigenvalue weighted by Crippen LogP contribution is 2.53. The number of nitrogens with one attached hydrogen (secondary N) is 1. The summed E-state index contributed by atoms with van der Waals surface area (Å²) in [6.07, 6.45) is 4.50. The Bertz CT molecular complexity index is 842. The largest absolute Gasteiger partial charge is 0.497 e. The first-order valence-electron chi connectivity index (χ1n) is 10.7. The predicted molar refractivity (Wildman–Crippen MR) is 105 cm³/mol. The maximum Gasteiger partial charge on any atom is 0.258 e. The van der Waals surface area contributed by atoms with E-state index in [1.807, 2.05) is 4.90 Å². The van der Waals surface area contributed by atoms with Gasteiger partial charge in [-0.3, -0.25) is 9.59 Å². The van der Waals surface area contributed by atoms with Gasteiger partial charge in [0.2, 0.25) is 5.91 Å². The van der Waals surface area contributed by atoms with E-state index in [0.29, 0.717) is 30.0 Å². The molecule has 1 spiro atoms. The molecule has 6 rings (SSSR count). The van der Waals surface area contributed by atoms with Crippen molar-refractivity contribution in [3.8, 4) is 11.5 Å². The zero-order chi connectivity index (χ0) is 20.2. The SMILES string of the molecule is COc1ccc2c(c1)O[C@]1(C[C@H]3CC[C@H]1C[C@@H]3C(=O)N1CCC[C@@H](O)C1)NC2=O. The third-order valence-corrected chi connectivity index (χ3v) is 7.29. The molecular formula is C22H28N2O5. The first kappa shape index (κ1) is 18.7. The number of ether oxygens (including phenoxy) is 2. The summed E-state index contributed by atoms with van der Waals surface area (Å²) >= 11 is 0. The summed E-state index contributed by atoms with van der Waals surface area (Å²) < 4.78 is 11.7. The van der Waals surface area contributed by atoms with Crippen LogP contribution in [-0.4, -0.2) is 53.8 Å². The molecule has 5 atom stereocenters. The number of piperidine rings is 1. The summed E-state index contributed by atoms with van der Waals surface area (Å²) in [4.78, 5) is 27.8. The van der Waals surface area contributed by atoms with Gasteiger partial charge in [-0.25, -0.2) is 0 Å².